The van der Waals surface area contributed by atoms with Gasteiger partial charge in [-0.1, -0.05) is 0 Å². The van der Waals surface area contributed by atoms with Crippen LogP contribution in [-0.4, -0.2) is 72.1 Å². The first-order valence-electron chi connectivity index (χ1n) is 8.90. The van der Waals surface area contributed by atoms with Crippen LogP contribution < -0.4 is 5.32 Å². The van der Waals surface area contributed by atoms with Gasteiger partial charge < -0.3 is 19.9 Å². The van der Waals surface area contributed by atoms with Gasteiger partial charge in [0.05, 0.1) is 19.3 Å². The van der Waals surface area contributed by atoms with Crippen LogP contribution in [0, 0.1) is 5.92 Å². The number of carbonyl (C=O) groups excluding carboxylic acids is 1. The molecule has 0 spiro atoms. The van der Waals surface area contributed by atoms with Crippen LogP contribution in [0.4, 0.5) is 4.79 Å². The highest BCUT2D eigenvalue weighted by molar-refractivity contribution is 5.74. The number of aromatic nitrogens is 2. The maximum absolute atomic E-state index is 12.6. The zero-order valence-electron chi connectivity index (χ0n) is 14.8. The number of likely N-dealkylation sites (tertiary alicyclic amines) is 2. The standard InChI is InChI=1S/C17H29N5O2/c1-20-7-5-16-15(13-20)4-3-6-22(16)17(23)18-10-14-11-19-21(12-14)8-9-24-2/h11-12,15-16H,3-10,13H2,1-2H3,(H,18,23)/t15-,16+/m0/s1. The van der Waals surface area contributed by atoms with Gasteiger partial charge in [-0.3, -0.25) is 4.68 Å². The van der Waals surface area contributed by atoms with Crippen molar-refractivity contribution < 1.29 is 9.53 Å². The topological polar surface area (TPSA) is 62.6 Å². The molecule has 2 aliphatic heterocycles. The van der Waals surface area contributed by atoms with E-state index in [0.717, 1.165) is 44.6 Å². The molecule has 134 valence electrons. The molecule has 3 rings (SSSR count). The van der Waals surface area contributed by atoms with Crippen LogP contribution in [0.5, 0.6) is 0 Å². The Balaban J connectivity index is 1.51. The number of rotatable bonds is 5. The van der Waals surface area contributed by atoms with Crippen molar-refractivity contribution in [3.8, 4) is 0 Å². The van der Waals surface area contributed by atoms with Crippen molar-refractivity contribution in [1.82, 2.24) is 24.9 Å². The number of hydrogen-bond donors (Lipinski definition) is 1. The summed E-state index contributed by atoms with van der Waals surface area (Å²) in [4.78, 5) is 17.1. The molecule has 0 unspecified atom stereocenters. The number of ether oxygens (including phenoxy) is 1. The van der Waals surface area contributed by atoms with E-state index in [2.05, 4.69) is 27.3 Å². The van der Waals surface area contributed by atoms with Crippen molar-refractivity contribution in [3.05, 3.63) is 18.0 Å². The molecule has 1 aromatic rings. The second kappa shape index (κ2) is 7.98. The lowest BCUT2D eigenvalue weighted by atomic mass is 9.84. The summed E-state index contributed by atoms with van der Waals surface area (Å²) in [6.07, 6.45) is 7.21. The molecule has 0 aliphatic carbocycles. The third kappa shape index (κ3) is 4.08. The van der Waals surface area contributed by atoms with Crippen LogP contribution in [0.25, 0.3) is 0 Å². The first-order chi connectivity index (χ1) is 11.7. The largest absolute Gasteiger partial charge is 0.383 e. The zero-order valence-corrected chi connectivity index (χ0v) is 14.8. The molecule has 3 heterocycles. The molecule has 1 N–H and O–H groups in total. The van der Waals surface area contributed by atoms with Crippen molar-refractivity contribution in [2.45, 2.75) is 38.4 Å². The van der Waals surface area contributed by atoms with Gasteiger partial charge in [-0.05, 0) is 38.8 Å². The molecule has 2 atom stereocenters. The van der Waals surface area contributed by atoms with Crippen LogP contribution in [-0.2, 0) is 17.8 Å². The highest BCUT2D eigenvalue weighted by Crippen LogP contribution is 2.30. The highest BCUT2D eigenvalue weighted by Gasteiger charge is 2.37. The predicted molar refractivity (Wildman–Crippen MR) is 91.7 cm³/mol. The number of urea groups is 1. The van der Waals surface area contributed by atoms with Gasteiger partial charge in [0.2, 0.25) is 0 Å². The molecular weight excluding hydrogens is 306 g/mol. The molecular formula is C17H29N5O2. The lowest BCUT2D eigenvalue weighted by Gasteiger charge is -2.46. The summed E-state index contributed by atoms with van der Waals surface area (Å²) in [6.45, 7) is 4.97. The maximum Gasteiger partial charge on any atom is 0.317 e. The summed E-state index contributed by atoms with van der Waals surface area (Å²) in [5.74, 6) is 0.625. The number of carbonyl (C=O) groups is 1. The minimum absolute atomic E-state index is 0.0684. The summed E-state index contributed by atoms with van der Waals surface area (Å²) < 4.78 is 6.90. The fraction of sp³-hybridized carbons (Fsp3) is 0.765. The summed E-state index contributed by atoms with van der Waals surface area (Å²) in [6, 6.07) is 0.471. The van der Waals surface area contributed by atoms with Gasteiger partial charge in [-0.15, -0.1) is 0 Å². The Kier molecular flexibility index (Phi) is 5.73. The quantitative estimate of drug-likeness (QED) is 0.877. The third-order valence-electron chi connectivity index (χ3n) is 5.19. The minimum atomic E-state index is 0.0684. The Morgan fingerprint density at radius 1 is 1.42 bits per heavy atom. The summed E-state index contributed by atoms with van der Waals surface area (Å²) in [7, 11) is 3.86. The Hall–Kier alpha value is -1.60. The van der Waals surface area contributed by atoms with Gasteiger partial charge in [0.1, 0.15) is 0 Å². The average molecular weight is 335 g/mol. The fourth-order valence-electron chi connectivity index (χ4n) is 3.92. The van der Waals surface area contributed by atoms with E-state index in [-0.39, 0.29) is 6.03 Å². The van der Waals surface area contributed by atoms with E-state index < -0.39 is 0 Å². The van der Waals surface area contributed by atoms with Gasteiger partial charge >= 0.3 is 6.03 Å². The number of fused-ring (bicyclic) bond motifs is 1. The third-order valence-corrected chi connectivity index (χ3v) is 5.19. The molecule has 2 saturated heterocycles. The van der Waals surface area contributed by atoms with Crippen molar-refractivity contribution in [2.75, 3.05) is 40.4 Å². The molecule has 24 heavy (non-hydrogen) atoms. The highest BCUT2D eigenvalue weighted by atomic mass is 16.5. The summed E-state index contributed by atoms with van der Waals surface area (Å²) in [5, 5.41) is 7.36. The Morgan fingerprint density at radius 3 is 3.12 bits per heavy atom. The minimum Gasteiger partial charge on any atom is -0.383 e. The molecule has 0 bridgehead atoms. The molecule has 2 aliphatic rings. The summed E-state index contributed by atoms with van der Waals surface area (Å²) in [5.41, 5.74) is 1.02. The molecule has 0 aromatic carbocycles. The number of piperidine rings is 2. The van der Waals surface area contributed by atoms with Gasteiger partial charge in [-0.25, -0.2) is 4.79 Å². The molecule has 2 fully saturated rings. The summed E-state index contributed by atoms with van der Waals surface area (Å²) >= 11 is 0. The van der Waals surface area contributed by atoms with Gasteiger partial charge in [0.25, 0.3) is 0 Å². The van der Waals surface area contributed by atoms with Crippen LogP contribution >= 0.6 is 0 Å². The van der Waals surface area contributed by atoms with E-state index in [1.54, 1.807) is 7.11 Å². The average Bonchev–Trinajstić information content (AvgIpc) is 3.05. The number of nitrogens with one attached hydrogen (secondary N) is 1. The van der Waals surface area contributed by atoms with Crippen molar-refractivity contribution in [1.29, 1.82) is 0 Å². The predicted octanol–water partition coefficient (Wildman–Crippen LogP) is 1.16. The second-order valence-electron chi connectivity index (χ2n) is 6.98. The van der Waals surface area contributed by atoms with Crippen LogP contribution in [0.1, 0.15) is 24.8 Å². The van der Waals surface area contributed by atoms with E-state index in [1.165, 1.54) is 6.42 Å². The molecule has 7 heteroatoms. The Bertz CT molecular complexity index is 547. The number of methoxy groups -OCH3 is 1. The van der Waals surface area contributed by atoms with Gasteiger partial charge in [-0.2, -0.15) is 5.10 Å². The molecule has 2 amide bonds. The van der Waals surface area contributed by atoms with Crippen molar-refractivity contribution in [2.24, 2.45) is 5.92 Å². The molecule has 1 aromatic heterocycles. The van der Waals surface area contributed by atoms with Crippen LogP contribution in [0.15, 0.2) is 12.4 Å². The van der Waals surface area contributed by atoms with Gasteiger partial charge in [0.15, 0.2) is 0 Å². The van der Waals surface area contributed by atoms with E-state index in [0.29, 0.717) is 25.1 Å². The van der Waals surface area contributed by atoms with Crippen molar-refractivity contribution >= 4 is 6.03 Å². The fourth-order valence-corrected chi connectivity index (χ4v) is 3.92. The van der Waals surface area contributed by atoms with E-state index in [9.17, 15) is 4.79 Å². The number of hydrogen-bond acceptors (Lipinski definition) is 4. The van der Waals surface area contributed by atoms with Crippen LogP contribution in [0.3, 0.4) is 0 Å². The smallest absolute Gasteiger partial charge is 0.317 e. The first-order valence-corrected chi connectivity index (χ1v) is 8.90. The van der Waals surface area contributed by atoms with Gasteiger partial charge in [0, 0.05) is 44.5 Å². The zero-order chi connectivity index (χ0) is 16.9. The molecule has 0 saturated carbocycles. The van der Waals surface area contributed by atoms with E-state index in [4.69, 9.17) is 4.74 Å². The van der Waals surface area contributed by atoms with Crippen molar-refractivity contribution in [3.63, 3.8) is 0 Å². The SMILES string of the molecule is COCCn1cc(CNC(=O)N2CCC[C@H]3CN(C)CC[C@H]32)cn1. The maximum atomic E-state index is 12.6. The molecule has 7 nitrogen and oxygen atoms in total. The van der Waals surface area contributed by atoms with Crippen LogP contribution in [0.2, 0.25) is 0 Å². The Labute approximate surface area is 143 Å². The number of nitrogens with zero attached hydrogens (tertiary/aromatic N) is 4. The second-order valence-corrected chi connectivity index (χ2v) is 6.98. The monoisotopic (exact) mass is 335 g/mol. The lowest BCUT2D eigenvalue weighted by Crippen LogP contribution is -2.57. The van der Waals surface area contributed by atoms with E-state index in [1.807, 2.05) is 17.1 Å². The lowest BCUT2D eigenvalue weighted by molar-refractivity contribution is 0.0532. The number of amides is 2. The normalized spacial score (nSPS) is 24.7. The van der Waals surface area contributed by atoms with E-state index >= 15 is 0 Å². The Morgan fingerprint density at radius 2 is 2.29 bits per heavy atom. The molecule has 0 radical (unpaired) electrons. The first kappa shape index (κ1) is 17.2.